The zero-order valence-corrected chi connectivity index (χ0v) is 16.7. The quantitative estimate of drug-likeness (QED) is 0.298. The SMILES string of the molecule is CC(C)=NN=c1sc(-c2ccccc2)c(-c2ccccc2)n1-c1ccccc1. The number of thiazole rings is 1. The first-order chi connectivity index (χ1) is 13.7. The van der Waals surface area contributed by atoms with Crippen molar-refractivity contribution in [1.29, 1.82) is 0 Å². The standard InChI is InChI=1S/C24H21N3S/c1-18(2)25-26-24-27(21-16-10-5-11-17-21)22(19-12-6-3-7-13-19)23(28-24)20-14-8-4-9-15-20/h3-17H,1-2H3. The predicted molar refractivity (Wildman–Crippen MR) is 119 cm³/mol. The lowest BCUT2D eigenvalue weighted by Crippen LogP contribution is -2.13. The van der Waals surface area contributed by atoms with Crippen molar-refractivity contribution in [3.63, 3.8) is 0 Å². The lowest BCUT2D eigenvalue weighted by atomic mass is 10.1. The van der Waals surface area contributed by atoms with Crippen molar-refractivity contribution in [3.05, 3.63) is 95.8 Å². The molecule has 1 aromatic heterocycles. The van der Waals surface area contributed by atoms with Crippen molar-refractivity contribution in [3.8, 4) is 27.4 Å². The molecule has 0 N–H and O–H groups in total. The van der Waals surface area contributed by atoms with Crippen molar-refractivity contribution < 1.29 is 0 Å². The number of benzene rings is 3. The minimum Gasteiger partial charge on any atom is -0.283 e. The van der Waals surface area contributed by atoms with Crippen molar-refractivity contribution in [2.45, 2.75) is 13.8 Å². The molecule has 4 heteroatoms. The van der Waals surface area contributed by atoms with Crippen LogP contribution in [0.4, 0.5) is 0 Å². The minimum absolute atomic E-state index is 0.852. The molecule has 0 bridgehead atoms. The number of nitrogens with zero attached hydrogens (tertiary/aromatic N) is 3. The molecule has 0 aliphatic heterocycles. The van der Waals surface area contributed by atoms with Gasteiger partial charge in [-0.25, -0.2) is 0 Å². The molecule has 0 saturated heterocycles. The Morgan fingerprint density at radius 2 is 1.25 bits per heavy atom. The summed E-state index contributed by atoms with van der Waals surface area (Å²) in [5.74, 6) is 0. The van der Waals surface area contributed by atoms with Crippen LogP contribution < -0.4 is 4.80 Å². The van der Waals surface area contributed by atoms with Crippen molar-refractivity contribution in [2.24, 2.45) is 10.2 Å². The smallest absolute Gasteiger partial charge is 0.216 e. The van der Waals surface area contributed by atoms with E-state index >= 15 is 0 Å². The Kier molecular flexibility index (Phi) is 5.31. The molecule has 0 atom stereocenters. The van der Waals surface area contributed by atoms with Gasteiger partial charge in [0.15, 0.2) is 0 Å². The Bertz CT molecular complexity index is 1150. The lowest BCUT2D eigenvalue weighted by molar-refractivity contribution is 0.970. The van der Waals surface area contributed by atoms with Crippen LogP contribution in [-0.2, 0) is 0 Å². The van der Waals surface area contributed by atoms with Gasteiger partial charge in [0.25, 0.3) is 0 Å². The van der Waals surface area contributed by atoms with Crippen LogP contribution in [-0.4, -0.2) is 10.3 Å². The first kappa shape index (κ1) is 18.1. The molecule has 28 heavy (non-hydrogen) atoms. The van der Waals surface area contributed by atoms with Gasteiger partial charge in [-0.05, 0) is 31.5 Å². The zero-order chi connectivity index (χ0) is 19.3. The van der Waals surface area contributed by atoms with Crippen LogP contribution in [0.2, 0.25) is 0 Å². The molecule has 0 amide bonds. The van der Waals surface area contributed by atoms with Crippen molar-refractivity contribution >= 4 is 17.0 Å². The fourth-order valence-electron chi connectivity index (χ4n) is 3.05. The first-order valence-electron chi connectivity index (χ1n) is 9.21. The fraction of sp³-hybridized carbons (Fsp3) is 0.0833. The van der Waals surface area contributed by atoms with E-state index in [4.69, 9.17) is 0 Å². The average molecular weight is 384 g/mol. The van der Waals surface area contributed by atoms with Gasteiger partial charge in [-0.1, -0.05) is 90.2 Å². The molecule has 4 rings (SSSR count). The number of rotatable bonds is 4. The molecular weight excluding hydrogens is 362 g/mol. The highest BCUT2D eigenvalue weighted by atomic mass is 32.1. The van der Waals surface area contributed by atoms with Crippen LogP contribution in [0.5, 0.6) is 0 Å². The van der Waals surface area contributed by atoms with E-state index in [0.717, 1.165) is 27.5 Å². The summed E-state index contributed by atoms with van der Waals surface area (Å²) in [4.78, 5) is 2.03. The van der Waals surface area contributed by atoms with Crippen LogP contribution in [0.1, 0.15) is 13.8 Å². The van der Waals surface area contributed by atoms with E-state index in [1.807, 2.05) is 32.0 Å². The zero-order valence-electron chi connectivity index (χ0n) is 15.9. The second-order valence-corrected chi connectivity index (χ2v) is 7.59. The van der Waals surface area contributed by atoms with E-state index in [1.165, 1.54) is 10.4 Å². The number of hydrogen-bond donors (Lipinski definition) is 0. The fourth-order valence-corrected chi connectivity index (χ4v) is 4.16. The third-order valence-corrected chi connectivity index (χ3v) is 5.34. The molecule has 0 fully saturated rings. The highest BCUT2D eigenvalue weighted by Crippen LogP contribution is 2.36. The minimum atomic E-state index is 0.852. The number of para-hydroxylation sites is 1. The summed E-state index contributed by atoms with van der Waals surface area (Å²) in [6.45, 7) is 3.92. The summed E-state index contributed by atoms with van der Waals surface area (Å²) >= 11 is 1.66. The molecule has 1 heterocycles. The predicted octanol–water partition coefficient (Wildman–Crippen LogP) is 6.17. The van der Waals surface area contributed by atoms with Gasteiger partial charge in [-0.2, -0.15) is 5.10 Å². The maximum Gasteiger partial charge on any atom is 0.216 e. The number of hydrogen-bond acceptors (Lipinski definition) is 3. The average Bonchev–Trinajstić information content (AvgIpc) is 3.14. The Morgan fingerprint density at radius 3 is 1.82 bits per heavy atom. The van der Waals surface area contributed by atoms with Gasteiger partial charge in [-0.15, -0.1) is 5.10 Å². The van der Waals surface area contributed by atoms with Crippen molar-refractivity contribution in [1.82, 2.24) is 4.57 Å². The molecule has 0 spiro atoms. The Labute approximate surface area is 169 Å². The summed E-state index contributed by atoms with van der Waals surface area (Å²) in [5.41, 5.74) is 5.46. The van der Waals surface area contributed by atoms with Crippen LogP contribution in [0.25, 0.3) is 27.4 Å². The second-order valence-electron chi connectivity index (χ2n) is 6.61. The van der Waals surface area contributed by atoms with Crippen molar-refractivity contribution in [2.75, 3.05) is 0 Å². The van der Waals surface area contributed by atoms with Gasteiger partial charge < -0.3 is 0 Å². The van der Waals surface area contributed by atoms with Crippen LogP contribution in [0, 0.1) is 0 Å². The van der Waals surface area contributed by atoms with E-state index in [9.17, 15) is 0 Å². The van der Waals surface area contributed by atoms with E-state index in [-0.39, 0.29) is 0 Å². The number of aromatic nitrogens is 1. The van der Waals surface area contributed by atoms with Gasteiger partial charge in [-0.3, -0.25) is 4.57 Å². The van der Waals surface area contributed by atoms with Crippen LogP contribution >= 0.6 is 11.3 Å². The molecule has 0 aliphatic rings. The lowest BCUT2D eigenvalue weighted by Gasteiger charge is -2.11. The van der Waals surface area contributed by atoms with E-state index in [1.54, 1.807) is 11.3 Å². The molecule has 4 aromatic rings. The summed E-state index contributed by atoms with van der Waals surface area (Å²) in [6.07, 6.45) is 0. The molecule has 0 aliphatic carbocycles. The molecule has 0 unspecified atom stereocenters. The summed E-state index contributed by atoms with van der Waals surface area (Å²) in [7, 11) is 0. The third kappa shape index (κ3) is 3.73. The molecule has 3 nitrogen and oxygen atoms in total. The van der Waals surface area contributed by atoms with E-state index in [0.29, 0.717) is 0 Å². The maximum atomic E-state index is 4.58. The Balaban J connectivity index is 2.11. The van der Waals surface area contributed by atoms with Gasteiger partial charge in [0.2, 0.25) is 4.80 Å². The molecule has 3 aromatic carbocycles. The monoisotopic (exact) mass is 383 g/mol. The van der Waals surface area contributed by atoms with Gasteiger partial charge >= 0.3 is 0 Å². The highest BCUT2D eigenvalue weighted by Gasteiger charge is 2.18. The summed E-state index contributed by atoms with van der Waals surface area (Å²) in [5, 5.41) is 8.94. The highest BCUT2D eigenvalue weighted by molar-refractivity contribution is 7.13. The maximum absolute atomic E-state index is 4.58. The van der Waals surface area contributed by atoms with E-state index < -0.39 is 0 Å². The largest absolute Gasteiger partial charge is 0.283 e. The Morgan fingerprint density at radius 1 is 0.714 bits per heavy atom. The van der Waals surface area contributed by atoms with Crippen LogP contribution in [0.15, 0.2) is 101 Å². The third-order valence-electron chi connectivity index (χ3n) is 4.26. The summed E-state index contributed by atoms with van der Waals surface area (Å²) < 4.78 is 2.20. The second kappa shape index (κ2) is 8.19. The summed E-state index contributed by atoms with van der Waals surface area (Å²) in [6, 6.07) is 31.3. The molecule has 0 saturated carbocycles. The Hall–Kier alpha value is -3.24. The molecule has 0 radical (unpaired) electrons. The topological polar surface area (TPSA) is 29.6 Å². The molecular formula is C24H21N3S. The normalized spacial score (nSPS) is 11.4. The van der Waals surface area contributed by atoms with Gasteiger partial charge in [0, 0.05) is 17.0 Å². The molecule has 138 valence electrons. The van der Waals surface area contributed by atoms with E-state index in [2.05, 4.69) is 87.6 Å². The van der Waals surface area contributed by atoms with Crippen LogP contribution in [0.3, 0.4) is 0 Å². The first-order valence-corrected chi connectivity index (χ1v) is 10.0. The van der Waals surface area contributed by atoms with Gasteiger partial charge in [0.1, 0.15) is 0 Å². The van der Waals surface area contributed by atoms with Gasteiger partial charge in [0.05, 0.1) is 10.6 Å².